The van der Waals surface area contributed by atoms with E-state index in [9.17, 15) is 0 Å². The molecule has 21 heavy (non-hydrogen) atoms. The molecule has 3 heterocycles. The highest BCUT2D eigenvalue weighted by Gasteiger charge is 2.13. The van der Waals surface area contributed by atoms with Crippen LogP contribution in [0.4, 0.5) is 11.5 Å². The molecule has 5 heteroatoms. The van der Waals surface area contributed by atoms with E-state index in [1.54, 1.807) is 0 Å². The minimum Gasteiger partial charge on any atom is -0.464 e. The molecule has 0 bridgehead atoms. The maximum atomic E-state index is 5.62. The number of ether oxygens (including phenoxy) is 1. The van der Waals surface area contributed by atoms with E-state index in [0.29, 0.717) is 0 Å². The highest BCUT2D eigenvalue weighted by atomic mass is 16.5. The number of nitrogens with one attached hydrogen (secondary N) is 1. The van der Waals surface area contributed by atoms with Gasteiger partial charge in [-0.05, 0) is 38.1 Å². The maximum absolute atomic E-state index is 5.62. The van der Waals surface area contributed by atoms with Gasteiger partial charge < -0.3 is 19.4 Å². The predicted molar refractivity (Wildman–Crippen MR) is 82.8 cm³/mol. The summed E-state index contributed by atoms with van der Waals surface area (Å²) in [5, 5.41) is 3.35. The van der Waals surface area contributed by atoms with Gasteiger partial charge >= 0.3 is 0 Å². The van der Waals surface area contributed by atoms with Gasteiger partial charge in [0.05, 0.1) is 31.1 Å². The van der Waals surface area contributed by atoms with E-state index in [1.165, 1.54) is 0 Å². The number of aryl methyl sites for hydroxylation is 1. The molecule has 1 N–H and O–H groups in total. The van der Waals surface area contributed by atoms with Crippen molar-refractivity contribution in [3.8, 4) is 0 Å². The zero-order valence-corrected chi connectivity index (χ0v) is 12.5. The van der Waals surface area contributed by atoms with Crippen LogP contribution in [0.3, 0.4) is 0 Å². The number of rotatable bonds is 4. The molecule has 0 aromatic carbocycles. The first-order valence-corrected chi connectivity index (χ1v) is 7.34. The summed E-state index contributed by atoms with van der Waals surface area (Å²) in [6.45, 7) is 7.44. The number of aromatic nitrogens is 1. The van der Waals surface area contributed by atoms with E-state index in [2.05, 4.69) is 28.2 Å². The molecule has 3 rings (SSSR count). The fourth-order valence-electron chi connectivity index (χ4n) is 2.46. The average Bonchev–Trinajstić information content (AvgIpc) is 2.96. The lowest BCUT2D eigenvalue weighted by molar-refractivity contribution is 0.122. The van der Waals surface area contributed by atoms with E-state index in [0.717, 1.165) is 49.3 Å². The van der Waals surface area contributed by atoms with Crippen LogP contribution in [0.1, 0.15) is 24.5 Å². The number of pyridine rings is 1. The van der Waals surface area contributed by atoms with E-state index in [4.69, 9.17) is 9.15 Å². The monoisotopic (exact) mass is 287 g/mol. The third-order valence-corrected chi connectivity index (χ3v) is 3.68. The molecule has 0 spiro atoms. The van der Waals surface area contributed by atoms with Crippen molar-refractivity contribution in [2.75, 3.05) is 36.5 Å². The van der Waals surface area contributed by atoms with Crippen LogP contribution in [0, 0.1) is 6.92 Å². The van der Waals surface area contributed by atoms with Crippen LogP contribution in [0.15, 0.2) is 34.9 Å². The fourth-order valence-corrected chi connectivity index (χ4v) is 2.46. The van der Waals surface area contributed by atoms with Crippen molar-refractivity contribution < 1.29 is 9.15 Å². The average molecular weight is 287 g/mol. The van der Waals surface area contributed by atoms with Crippen molar-refractivity contribution in [1.82, 2.24) is 4.98 Å². The molecule has 112 valence electrons. The molecule has 1 atom stereocenters. The SMILES string of the molecule is Cc1ccc(C(C)Nc2ccc(N3CCOCC3)cn2)o1. The Kier molecular flexibility index (Phi) is 4.10. The van der Waals surface area contributed by atoms with Gasteiger partial charge in [-0.2, -0.15) is 0 Å². The summed E-state index contributed by atoms with van der Waals surface area (Å²) in [5.74, 6) is 2.70. The normalized spacial score (nSPS) is 16.8. The molecule has 0 amide bonds. The summed E-state index contributed by atoms with van der Waals surface area (Å²) in [4.78, 5) is 6.78. The smallest absolute Gasteiger partial charge is 0.126 e. The van der Waals surface area contributed by atoms with Gasteiger partial charge in [-0.15, -0.1) is 0 Å². The number of nitrogens with zero attached hydrogens (tertiary/aromatic N) is 2. The van der Waals surface area contributed by atoms with Gasteiger partial charge in [0.25, 0.3) is 0 Å². The molecule has 1 aliphatic heterocycles. The molecule has 5 nitrogen and oxygen atoms in total. The minimum absolute atomic E-state index is 0.0976. The van der Waals surface area contributed by atoms with Crippen LogP contribution in [-0.4, -0.2) is 31.3 Å². The Balaban J connectivity index is 1.63. The van der Waals surface area contributed by atoms with Crippen molar-refractivity contribution in [2.45, 2.75) is 19.9 Å². The van der Waals surface area contributed by atoms with Gasteiger partial charge in [0.2, 0.25) is 0 Å². The minimum atomic E-state index is 0.0976. The standard InChI is InChI=1S/C16H21N3O2/c1-12-3-5-15(21-12)13(2)18-16-6-4-14(11-17-16)19-7-9-20-10-8-19/h3-6,11,13H,7-10H2,1-2H3,(H,17,18). The zero-order chi connectivity index (χ0) is 14.7. The second-order valence-corrected chi connectivity index (χ2v) is 5.32. The highest BCUT2D eigenvalue weighted by Crippen LogP contribution is 2.22. The van der Waals surface area contributed by atoms with Gasteiger partial charge in [-0.1, -0.05) is 0 Å². The number of hydrogen-bond donors (Lipinski definition) is 1. The zero-order valence-electron chi connectivity index (χ0n) is 12.5. The third-order valence-electron chi connectivity index (χ3n) is 3.68. The Hall–Kier alpha value is -2.01. The van der Waals surface area contributed by atoms with E-state index in [1.807, 2.05) is 31.3 Å². The van der Waals surface area contributed by atoms with Crippen LogP contribution in [0.25, 0.3) is 0 Å². The van der Waals surface area contributed by atoms with Crippen LogP contribution in [-0.2, 0) is 4.74 Å². The van der Waals surface area contributed by atoms with Crippen molar-refractivity contribution in [1.29, 1.82) is 0 Å². The summed E-state index contributed by atoms with van der Waals surface area (Å²) in [6, 6.07) is 8.18. The maximum Gasteiger partial charge on any atom is 0.126 e. The van der Waals surface area contributed by atoms with Crippen molar-refractivity contribution in [3.63, 3.8) is 0 Å². The fraction of sp³-hybridized carbons (Fsp3) is 0.438. The third kappa shape index (κ3) is 3.36. The lowest BCUT2D eigenvalue weighted by atomic mass is 10.2. The molecule has 0 aliphatic carbocycles. The largest absolute Gasteiger partial charge is 0.464 e. The Bertz CT molecular complexity index is 573. The number of morpholine rings is 1. The summed E-state index contributed by atoms with van der Waals surface area (Å²) >= 11 is 0. The second-order valence-electron chi connectivity index (χ2n) is 5.32. The van der Waals surface area contributed by atoms with Gasteiger partial charge in [-0.25, -0.2) is 4.98 Å². The van der Waals surface area contributed by atoms with Crippen LogP contribution in [0.5, 0.6) is 0 Å². The van der Waals surface area contributed by atoms with Gasteiger partial charge in [0.1, 0.15) is 17.3 Å². The van der Waals surface area contributed by atoms with E-state index < -0.39 is 0 Å². The molecule has 2 aromatic heterocycles. The number of anilines is 2. The second kappa shape index (κ2) is 6.18. The first-order valence-electron chi connectivity index (χ1n) is 7.34. The van der Waals surface area contributed by atoms with Crippen molar-refractivity contribution in [3.05, 3.63) is 42.0 Å². The van der Waals surface area contributed by atoms with Gasteiger partial charge in [-0.3, -0.25) is 0 Å². The Morgan fingerprint density at radius 3 is 2.62 bits per heavy atom. The molecular weight excluding hydrogens is 266 g/mol. The van der Waals surface area contributed by atoms with E-state index >= 15 is 0 Å². The van der Waals surface area contributed by atoms with Crippen LogP contribution < -0.4 is 10.2 Å². The molecule has 1 fully saturated rings. The Morgan fingerprint density at radius 1 is 1.19 bits per heavy atom. The molecule has 1 saturated heterocycles. The van der Waals surface area contributed by atoms with Gasteiger partial charge in [0, 0.05) is 13.1 Å². The topological polar surface area (TPSA) is 50.5 Å². The lowest BCUT2D eigenvalue weighted by Gasteiger charge is -2.28. The highest BCUT2D eigenvalue weighted by molar-refractivity contribution is 5.50. The Labute approximate surface area is 124 Å². The first-order chi connectivity index (χ1) is 10.2. The summed E-state index contributed by atoms with van der Waals surface area (Å²) < 4.78 is 11.0. The Morgan fingerprint density at radius 2 is 2.00 bits per heavy atom. The molecule has 2 aromatic rings. The molecule has 1 aliphatic rings. The predicted octanol–water partition coefficient (Wildman–Crippen LogP) is 2.99. The van der Waals surface area contributed by atoms with Crippen LogP contribution >= 0.6 is 0 Å². The first kappa shape index (κ1) is 13.9. The molecule has 0 radical (unpaired) electrons. The molecular formula is C16H21N3O2. The number of hydrogen-bond acceptors (Lipinski definition) is 5. The summed E-state index contributed by atoms with van der Waals surface area (Å²) in [6.07, 6.45) is 1.91. The quantitative estimate of drug-likeness (QED) is 0.937. The van der Waals surface area contributed by atoms with E-state index in [-0.39, 0.29) is 6.04 Å². The molecule has 0 saturated carbocycles. The van der Waals surface area contributed by atoms with Crippen LogP contribution in [0.2, 0.25) is 0 Å². The number of furan rings is 1. The van der Waals surface area contributed by atoms with Crippen molar-refractivity contribution in [2.24, 2.45) is 0 Å². The lowest BCUT2D eigenvalue weighted by Crippen LogP contribution is -2.36. The summed E-state index contributed by atoms with van der Waals surface area (Å²) in [7, 11) is 0. The van der Waals surface area contributed by atoms with Gasteiger partial charge in [0.15, 0.2) is 0 Å². The molecule has 1 unspecified atom stereocenters. The summed E-state index contributed by atoms with van der Waals surface area (Å²) in [5.41, 5.74) is 1.14. The van der Waals surface area contributed by atoms with Crippen molar-refractivity contribution >= 4 is 11.5 Å².